The maximum Gasteiger partial charge on any atom is 0.251 e. The van der Waals surface area contributed by atoms with Crippen molar-refractivity contribution < 1.29 is 4.79 Å². The van der Waals surface area contributed by atoms with E-state index >= 15 is 0 Å². The standard InChI is InChI=1S/C17H25ClN2O.ClH/c1-11(2)15-8-5-13(18)9-16(15)17(21)20-14-6-3-12(10-19)4-7-14;/h5,8-9,11-12,14H,3-4,6-7,10,19H2,1-2H3,(H,20,21);1H. The molecular formula is C17H26Cl2N2O. The average molecular weight is 345 g/mol. The second-order valence-corrected chi connectivity index (χ2v) is 6.75. The predicted molar refractivity (Wildman–Crippen MR) is 95.1 cm³/mol. The van der Waals surface area contributed by atoms with Gasteiger partial charge >= 0.3 is 0 Å². The van der Waals surface area contributed by atoms with E-state index in [9.17, 15) is 4.79 Å². The Hall–Kier alpha value is -0.770. The molecule has 1 aliphatic carbocycles. The van der Waals surface area contributed by atoms with Gasteiger partial charge in [-0.2, -0.15) is 0 Å². The summed E-state index contributed by atoms with van der Waals surface area (Å²) in [5.74, 6) is 0.920. The molecule has 1 aromatic rings. The Morgan fingerprint density at radius 3 is 2.50 bits per heavy atom. The van der Waals surface area contributed by atoms with Crippen LogP contribution in [0.4, 0.5) is 0 Å². The van der Waals surface area contributed by atoms with Crippen LogP contribution in [0.15, 0.2) is 18.2 Å². The molecule has 0 saturated heterocycles. The lowest BCUT2D eigenvalue weighted by molar-refractivity contribution is 0.0921. The maximum atomic E-state index is 12.5. The Labute approximate surface area is 144 Å². The molecule has 0 bridgehead atoms. The first kappa shape index (κ1) is 19.3. The molecule has 1 amide bonds. The highest BCUT2D eigenvalue weighted by Gasteiger charge is 2.23. The Balaban J connectivity index is 0.00000242. The van der Waals surface area contributed by atoms with Crippen LogP contribution in [0, 0.1) is 5.92 Å². The molecule has 0 spiro atoms. The lowest BCUT2D eigenvalue weighted by atomic mass is 9.86. The quantitative estimate of drug-likeness (QED) is 0.862. The zero-order chi connectivity index (χ0) is 15.4. The van der Waals surface area contributed by atoms with E-state index in [2.05, 4.69) is 19.2 Å². The molecule has 0 aliphatic heterocycles. The maximum absolute atomic E-state index is 12.5. The zero-order valence-electron chi connectivity index (χ0n) is 13.3. The molecule has 1 fully saturated rings. The first-order valence-corrected chi connectivity index (χ1v) is 8.19. The van der Waals surface area contributed by atoms with E-state index in [1.165, 1.54) is 0 Å². The van der Waals surface area contributed by atoms with Crippen molar-refractivity contribution in [2.75, 3.05) is 6.54 Å². The number of nitrogens with two attached hydrogens (primary N) is 1. The van der Waals surface area contributed by atoms with Crippen molar-refractivity contribution in [1.82, 2.24) is 5.32 Å². The molecule has 1 saturated carbocycles. The average Bonchev–Trinajstić information content (AvgIpc) is 2.47. The van der Waals surface area contributed by atoms with Crippen molar-refractivity contribution in [2.45, 2.75) is 51.5 Å². The second kappa shape index (κ2) is 8.76. The van der Waals surface area contributed by atoms with Gasteiger partial charge in [0.15, 0.2) is 0 Å². The van der Waals surface area contributed by atoms with E-state index in [1.54, 1.807) is 6.07 Å². The van der Waals surface area contributed by atoms with Gasteiger partial charge in [-0.05, 0) is 61.8 Å². The summed E-state index contributed by atoms with van der Waals surface area (Å²) in [5, 5.41) is 3.77. The molecule has 3 N–H and O–H groups in total. The number of rotatable bonds is 4. The predicted octanol–water partition coefficient (Wildman–Crippen LogP) is 4.13. The molecule has 1 aliphatic rings. The molecule has 0 unspecified atom stereocenters. The molecule has 124 valence electrons. The Bertz CT molecular complexity index is 497. The largest absolute Gasteiger partial charge is 0.349 e. The van der Waals surface area contributed by atoms with Gasteiger partial charge in [-0.3, -0.25) is 4.79 Å². The van der Waals surface area contributed by atoms with Crippen LogP contribution in [0.3, 0.4) is 0 Å². The molecule has 0 atom stereocenters. The third-order valence-electron chi connectivity index (χ3n) is 4.40. The van der Waals surface area contributed by atoms with Gasteiger partial charge in [0.25, 0.3) is 5.91 Å². The SMILES string of the molecule is CC(C)c1ccc(Cl)cc1C(=O)NC1CCC(CN)CC1.Cl. The van der Waals surface area contributed by atoms with E-state index < -0.39 is 0 Å². The van der Waals surface area contributed by atoms with Crippen molar-refractivity contribution in [1.29, 1.82) is 0 Å². The third kappa shape index (κ3) is 4.87. The number of nitrogens with one attached hydrogen (secondary N) is 1. The molecule has 3 nitrogen and oxygen atoms in total. The molecule has 0 heterocycles. The van der Waals surface area contributed by atoms with Gasteiger partial charge in [-0.25, -0.2) is 0 Å². The highest BCUT2D eigenvalue weighted by atomic mass is 35.5. The van der Waals surface area contributed by atoms with Gasteiger partial charge in [0.1, 0.15) is 0 Å². The highest BCUT2D eigenvalue weighted by molar-refractivity contribution is 6.31. The summed E-state index contributed by atoms with van der Waals surface area (Å²) in [6.45, 7) is 4.94. The van der Waals surface area contributed by atoms with Gasteiger partial charge in [0.05, 0.1) is 0 Å². The van der Waals surface area contributed by atoms with Gasteiger partial charge in [-0.15, -0.1) is 12.4 Å². The molecule has 0 aromatic heterocycles. The van der Waals surface area contributed by atoms with Crippen LogP contribution in [-0.4, -0.2) is 18.5 Å². The van der Waals surface area contributed by atoms with Gasteiger partial charge in [0, 0.05) is 16.6 Å². The Kier molecular flexibility index (Phi) is 7.67. The summed E-state index contributed by atoms with van der Waals surface area (Å²) in [5.41, 5.74) is 7.46. The van der Waals surface area contributed by atoms with E-state index in [-0.39, 0.29) is 24.4 Å². The number of amides is 1. The zero-order valence-corrected chi connectivity index (χ0v) is 14.8. The van der Waals surface area contributed by atoms with Gasteiger partial charge < -0.3 is 11.1 Å². The van der Waals surface area contributed by atoms with Crippen molar-refractivity contribution in [3.63, 3.8) is 0 Å². The lowest BCUT2D eigenvalue weighted by Crippen LogP contribution is -2.39. The van der Waals surface area contributed by atoms with Crippen LogP contribution < -0.4 is 11.1 Å². The Morgan fingerprint density at radius 1 is 1.32 bits per heavy atom. The van der Waals surface area contributed by atoms with Crippen molar-refractivity contribution in [3.8, 4) is 0 Å². The van der Waals surface area contributed by atoms with E-state index in [1.807, 2.05) is 12.1 Å². The van der Waals surface area contributed by atoms with Crippen LogP contribution in [0.5, 0.6) is 0 Å². The fourth-order valence-electron chi connectivity index (χ4n) is 3.03. The minimum atomic E-state index is -0.00241. The normalized spacial score (nSPS) is 21.3. The molecule has 0 radical (unpaired) electrons. The first-order chi connectivity index (χ1) is 10.0. The molecular weight excluding hydrogens is 319 g/mol. The van der Waals surface area contributed by atoms with E-state index in [0.717, 1.165) is 37.8 Å². The van der Waals surface area contributed by atoms with Crippen LogP contribution >= 0.6 is 24.0 Å². The topological polar surface area (TPSA) is 55.1 Å². The number of hydrogen-bond donors (Lipinski definition) is 2. The number of carbonyl (C=O) groups is 1. The van der Waals surface area contributed by atoms with E-state index in [4.69, 9.17) is 17.3 Å². The number of halogens is 2. The minimum absolute atomic E-state index is 0. The van der Waals surface area contributed by atoms with Crippen LogP contribution in [0.25, 0.3) is 0 Å². The fraction of sp³-hybridized carbons (Fsp3) is 0.588. The fourth-order valence-corrected chi connectivity index (χ4v) is 3.21. The Morgan fingerprint density at radius 2 is 1.95 bits per heavy atom. The summed E-state index contributed by atoms with van der Waals surface area (Å²) < 4.78 is 0. The summed E-state index contributed by atoms with van der Waals surface area (Å²) in [4.78, 5) is 12.5. The number of hydrogen-bond acceptors (Lipinski definition) is 2. The molecule has 1 aromatic carbocycles. The van der Waals surface area contributed by atoms with Gasteiger partial charge in [-0.1, -0.05) is 31.5 Å². The molecule has 22 heavy (non-hydrogen) atoms. The second-order valence-electron chi connectivity index (χ2n) is 6.31. The highest BCUT2D eigenvalue weighted by Crippen LogP contribution is 2.26. The summed E-state index contributed by atoms with van der Waals surface area (Å²) in [7, 11) is 0. The van der Waals surface area contributed by atoms with Crippen LogP contribution in [0.1, 0.15) is 61.4 Å². The van der Waals surface area contributed by atoms with E-state index in [0.29, 0.717) is 22.4 Å². The monoisotopic (exact) mass is 344 g/mol. The number of carbonyl (C=O) groups excluding carboxylic acids is 1. The molecule has 2 rings (SSSR count). The van der Waals surface area contributed by atoms with Gasteiger partial charge in [0.2, 0.25) is 0 Å². The summed E-state index contributed by atoms with van der Waals surface area (Å²) in [6.07, 6.45) is 4.25. The summed E-state index contributed by atoms with van der Waals surface area (Å²) in [6, 6.07) is 5.84. The smallest absolute Gasteiger partial charge is 0.251 e. The van der Waals surface area contributed by atoms with Crippen LogP contribution in [0.2, 0.25) is 5.02 Å². The van der Waals surface area contributed by atoms with Crippen molar-refractivity contribution >= 4 is 29.9 Å². The van der Waals surface area contributed by atoms with Crippen molar-refractivity contribution in [3.05, 3.63) is 34.3 Å². The number of benzene rings is 1. The van der Waals surface area contributed by atoms with Crippen LogP contribution in [-0.2, 0) is 0 Å². The van der Waals surface area contributed by atoms with Crippen molar-refractivity contribution in [2.24, 2.45) is 11.7 Å². The first-order valence-electron chi connectivity index (χ1n) is 7.81. The molecule has 5 heteroatoms. The third-order valence-corrected chi connectivity index (χ3v) is 4.63. The summed E-state index contributed by atoms with van der Waals surface area (Å²) >= 11 is 6.05. The minimum Gasteiger partial charge on any atom is -0.349 e. The lowest BCUT2D eigenvalue weighted by Gasteiger charge is -2.28.